The number of carbonyl (C=O) groups is 1. The molecule has 15 atom stereocenters. The molecule has 9 heteroatoms. The van der Waals surface area contributed by atoms with Crippen LogP contribution in [0.3, 0.4) is 0 Å². The van der Waals surface area contributed by atoms with E-state index in [0.717, 1.165) is 89.2 Å². The normalized spacial score (nSPS) is 46.6. The first-order chi connectivity index (χ1) is 25.3. The molecule has 53 heavy (non-hydrogen) atoms. The van der Waals surface area contributed by atoms with Gasteiger partial charge < -0.3 is 41.3 Å². The maximum Gasteiger partial charge on any atom is 0.159 e. The van der Waals surface area contributed by atoms with Crippen molar-refractivity contribution >= 4 is 5.78 Å². The van der Waals surface area contributed by atoms with E-state index in [0.29, 0.717) is 44.1 Å². The van der Waals surface area contributed by atoms with Gasteiger partial charge in [-0.05, 0) is 150 Å². The second-order valence-corrected chi connectivity index (χ2v) is 19.7. The van der Waals surface area contributed by atoms with E-state index >= 15 is 0 Å². The number of aliphatic hydroxyl groups is 5. The fraction of sp³-hybridized carbons (Fsp3) is 0.932. The molecule has 2 heterocycles. The van der Waals surface area contributed by atoms with Gasteiger partial charge in [0.15, 0.2) is 5.78 Å². The maximum absolute atomic E-state index is 14.5. The number of ether oxygens (including phenoxy) is 1. The quantitative estimate of drug-likeness (QED) is 0.127. The summed E-state index contributed by atoms with van der Waals surface area (Å²) >= 11 is 0. The number of fused-ring (bicyclic) bond motifs is 5. The highest BCUT2D eigenvalue weighted by Gasteiger charge is 2.73. The third-order valence-corrected chi connectivity index (χ3v) is 17.1. The van der Waals surface area contributed by atoms with Gasteiger partial charge in [0, 0.05) is 11.3 Å². The summed E-state index contributed by atoms with van der Waals surface area (Å²) in [4.78, 5) is 14.5. The lowest BCUT2D eigenvalue weighted by molar-refractivity contribution is -0.217. The van der Waals surface area contributed by atoms with Gasteiger partial charge in [-0.15, -0.1) is 0 Å². The first kappa shape index (κ1) is 40.3. The predicted molar refractivity (Wildman–Crippen MR) is 205 cm³/mol. The Morgan fingerprint density at radius 2 is 1.77 bits per heavy atom. The highest BCUT2D eigenvalue weighted by Crippen LogP contribution is 2.73. The molecule has 2 aliphatic heterocycles. The summed E-state index contributed by atoms with van der Waals surface area (Å²) < 4.78 is 6.37. The Labute approximate surface area is 319 Å². The second kappa shape index (κ2) is 15.8. The Morgan fingerprint density at radius 1 is 1.00 bits per heavy atom. The molecule has 0 amide bonds. The van der Waals surface area contributed by atoms with E-state index in [4.69, 9.17) is 10.5 Å². The zero-order chi connectivity index (χ0) is 37.8. The zero-order valence-corrected chi connectivity index (χ0v) is 33.2. The lowest BCUT2D eigenvalue weighted by Gasteiger charge is -2.64. The van der Waals surface area contributed by atoms with Crippen LogP contribution in [0.2, 0.25) is 0 Å². The van der Waals surface area contributed by atoms with E-state index in [-0.39, 0.29) is 42.0 Å². The molecule has 15 unspecified atom stereocenters. The molecule has 5 aliphatic carbocycles. The van der Waals surface area contributed by atoms with Gasteiger partial charge >= 0.3 is 0 Å². The summed E-state index contributed by atoms with van der Waals surface area (Å²) in [6.45, 7) is 7.66. The zero-order valence-electron chi connectivity index (χ0n) is 33.2. The number of rotatable bonds is 12. The van der Waals surface area contributed by atoms with Crippen LogP contribution in [0, 0.1) is 52.3 Å². The number of nitrogens with two attached hydrogens (primary N) is 1. The molecule has 2 saturated heterocycles. The van der Waals surface area contributed by atoms with Crippen molar-refractivity contribution in [1.82, 2.24) is 5.32 Å². The van der Waals surface area contributed by atoms with Crippen LogP contribution in [0.1, 0.15) is 149 Å². The second-order valence-electron chi connectivity index (χ2n) is 19.7. The molecule has 302 valence electrons. The van der Waals surface area contributed by atoms with Crippen LogP contribution in [0.4, 0.5) is 0 Å². The number of hydrogen-bond acceptors (Lipinski definition) is 9. The highest BCUT2D eigenvalue weighted by molar-refractivity contribution is 5.95. The number of nitrogens with one attached hydrogen (secondary N) is 1. The highest BCUT2D eigenvalue weighted by atomic mass is 16.5. The van der Waals surface area contributed by atoms with E-state index < -0.39 is 52.4 Å². The van der Waals surface area contributed by atoms with Gasteiger partial charge in [0.1, 0.15) is 6.10 Å². The summed E-state index contributed by atoms with van der Waals surface area (Å²) in [6.07, 6.45) is 16.3. The Balaban J connectivity index is 1.21. The Morgan fingerprint density at radius 3 is 2.49 bits per heavy atom. The molecule has 0 radical (unpaired) electrons. The average molecular weight is 743 g/mol. The Kier molecular flexibility index (Phi) is 12.0. The molecule has 0 aromatic carbocycles. The van der Waals surface area contributed by atoms with Crippen LogP contribution in [0.25, 0.3) is 0 Å². The van der Waals surface area contributed by atoms with Crippen LogP contribution in [-0.4, -0.2) is 86.3 Å². The van der Waals surface area contributed by atoms with Crippen molar-refractivity contribution in [3.8, 4) is 0 Å². The molecule has 0 bridgehead atoms. The van der Waals surface area contributed by atoms with Crippen LogP contribution in [0.15, 0.2) is 11.6 Å². The largest absolute Gasteiger partial charge is 0.390 e. The lowest BCUT2D eigenvalue weighted by Crippen LogP contribution is -2.67. The monoisotopic (exact) mass is 743 g/mol. The number of hydrogen-bond donors (Lipinski definition) is 7. The predicted octanol–water partition coefficient (Wildman–Crippen LogP) is 5.53. The van der Waals surface area contributed by atoms with E-state index in [2.05, 4.69) is 19.2 Å². The Hall–Kier alpha value is -0.910. The molecule has 7 rings (SSSR count). The van der Waals surface area contributed by atoms with Crippen molar-refractivity contribution in [2.75, 3.05) is 13.2 Å². The summed E-state index contributed by atoms with van der Waals surface area (Å²) in [5, 5.41) is 64.4. The molecule has 0 aromatic rings. The number of unbranched alkanes of at least 4 members (excludes halogenated alkanes) is 3. The number of ketones is 1. The SMILES string of the molecule is CCCCCCC1COC(C(O)C(C)(O)C2CCC3(O)C4=CC(=O)C5CC(O)C(O)CC5(CCC5CCC(N)NC5)C4CCC23C2CCCCC2)C1C. The molecule has 8 N–H and O–H groups in total. The third kappa shape index (κ3) is 6.85. The first-order valence-corrected chi connectivity index (χ1v) is 22.2. The number of aliphatic hydroxyl groups excluding tert-OH is 3. The fourth-order valence-electron chi connectivity index (χ4n) is 14.2. The summed E-state index contributed by atoms with van der Waals surface area (Å²) in [7, 11) is 0. The summed E-state index contributed by atoms with van der Waals surface area (Å²) in [5.41, 5.74) is 2.95. The number of carbonyl (C=O) groups excluding carboxylic acids is 1. The van der Waals surface area contributed by atoms with Crippen molar-refractivity contribution in [2.45, 2.75) is 191 Å². The van der Waals surface area contributed by atoms with Crippen LogP contribution in [-0.2, 0) is 9.53 Å². The number of piperidine rings is 1. The van der Waals surface area contributed by atoms with Gasteiger partial charge in [0.25, 0.3) is 0 Å². The van der Waals surface area contributed by atoms with Gasteiger partial charge in [0.05, 0.1) is 42.3 Å². The van der Waals surface area contributed by atoms with Crippen molar-refractivity contribution in [3.05, 3.63) is 11.6 Å². The van der Waals surface area contributed by atoms with Crippen molar-refractivity contribution in [3.63, 3.8) is 0 Å². The average Bonchev–Trinajstić information content (AvgIpc) is 3.68. The van der Waals surface area contributed by atoms with Crippen molar-refractivity contribution in [1.29, 1.82) is 0 Å². The van der Waals surface area contributed by atoms with Gasteiger partial charge in [-0.3, -0.25) is 4.79 Å². The molecule has 0 spiro atoms. The molecule has 9 nitrogen and oxygen atoms in total. The number of allylic oxidation sites excluding steroid dienone is 1. The summed E-state index contributed by atoms with van der Waals surface area (Å²) in [5.74, 6) is 0.214. The lowest BCUT2D eigenvalue weighted by atomic mass is 9.41. The first-order valence-electron chi connectivity index (χ1n) is 22.2. The standard InChI is InChI=1S/C44H74N2O7/c1-4-5-6-8-11-29-26-53-39(27(29)2)40(50)41(3,51)37-18-21-44(52)32-22-34(47)33-23-35(48)36(49)24-42(33,19-16-28-14-15-38(45)46-25-28)31(32)17-20-43(37,44)30-12-9-7-10-13-30/h22,27-31,33,35-40,46,48-52H,4-21,23-26,45H2,1-3H3. The minimum atomic E-state index is -1.50. The van der Waals surface area contributed by atoms with E-state index in [1.807, 2.05) is 6.92 Å². The topological polar surface area (TPSA) is 166 Å². The molecule has 4 saturated carbocycles. The third-order valence-electron chi connectivity index (χ3n) is 17.1. The fourth-order valence-corrected chi connectivity index (χ4v) is 14.2. The maximum atomic E-state index is 14.5. The Bertz CT molecular complexity index is 1310. The minimum Gasteiger partial charge on any atom is -0.390 e. The minimum absolute atomic E-state index is 0.0153. The van der Waals surface area contributed by atoms with Crippen molar-refractivity contribution in [2.24, 2.45) is 58.0 Å². The van der Waals surface area contributed by atoms with Gasteiger partial charge in [0.2, 0.25) is 0 Å². The smallest absolute Gasteiger partial charge is 0.159 e. The molecule has 7 aliphatic rings. The van der Waals surface area contributed by atoms with Crippen LogP contribution >= 0.6 is 0 Å². The summed E-state index contributed by atoms with van der Waals surface area (Å²) in [6, 6.07) is 0. The van der Waals surface area contributed by atoms with Crippen molar-refractivity contribution < 1.29 is 35.1 Å². The molecule has 6 fully saturated rings. The van der Waals surface area contributed by atoms with Gasteiger partial charge in [-0.25, -0.2) is 0 Å². The van der Waals surface area contributed by atoms with Gasteiger partial charge in [-0.2, -0.15) is 0 Å². The van der Waals surface area contributed by atoms with E-state index in [1.54, 1.807) is 6.08 Å². The molecular weight excluding hydrogens is 668 g/mol. The van der Waals surface area contributed by atoms with E-state index in [9.17, 15) is 30.3 Å². The van der Waals surface area contributed by atoms with E-state index in [1.165, 1.54) is 19.3 Å². The van der Waals surface area contributed by atoms with Crippen LogP contribution < -0.4 is 11.1 Å². The molecular formula is C44H74N2O7. The molecule has 0 aromatic heterocycles. The van der Waals surface area contributed by atoms with Crippen LogP contribution in [0.5, 0.6) is 0 Å². The van der Waals surface area contributed by atoms with Gasteiger partial charge in [-0.1, -0.05) is 58.8 Å².